The van der Waals surface area contributed by atoms with Crippen LogP contribution in [0.15, 0.2) is 119 Å². The number of aromatic amines is 2. The summed E-state index contributed by atoms with van der Waals surface area (Å²) in [7, 11) is -1.61. The average molecular weight is 999 g/mol. The minimum absolute atomic E-state index is 0.111. The Morgan fingerprint density at radius 3 is 0.919 bits per heavy atom. The summed E-state index contributed by atoms with van der Waals surface area (Å²) in [5.74, 6) is 0. The zero-order valence-electron chi connectivity index (χ0n) is 47.4. The van der Waals surface area contributed by atoms with Crippen molar-refractivity contribution in [3.63, 3.8) is 0 Å². The molecule has 2 aliphatic heterocycles. The van der Waals surface area contributed by atoms with Crippen LogP contribution in [-0.4, -0.2) is 24.1 Å². The largest absolute Gasteiger partial charge is 0.354 e. The summed E-state index contributed by atoms with van der Waals surface area (Å²) in [5.41, 5.74) is 19.7. The molecule has 382 valence electrons. The van der Waals surface area contributed by atoms with E-state index in [4.69, 9.17) is 9.97 Å². The van der Waals surface area contributed by atoms with E-state index in [0.717, 1.165) is 72.5 Å². The van der Waals surface area contributed by atoms with Gasteiger partial charge in [0.2, 0.25) is 0 Å². The maximum absolute atomic E-state index is 15.3. The lowest BCUT2D eigenvalue weighted by atomic mass is 9.78. The number of H-pyrrole nitrogens is 2. The van der Waals surface area contributed by atoms with Crippen LogP contribution < -0.4 is 0 Å². The minimum atomic E-state index is -1.61. The van der Waals surface area contributed by atoms with E-state index in [2.05, 4.69) is 232 Å². The van der Waals surface area contributed by atoms with Crippen LogP contribution >= 0.6 is 0 Å². The monoisotopic (exact) mass is 999 g/mol. The molecule has 0 aliphatic carbocycles. The average Bonchev–Trinajstić information content (AvgIpc) is 4.16. The van der Waals surface area contributed by atoms with Crippen molar-refractivity contribution in [3.8, 4) is 33.4 Å². The highest BCUT2D eigenvalue weighted by Gasteiger charge is 2.28. The molecule has 2 aliphatic rings. The highest BCUT2D eigenvalue weighted by atomic mass is 32.2. The lowest BCUT2D eigenvalue weighted by Gasteiger charge is -2.26. The second kappa shape index (κ2) is 18.5. The Morgan fingerprint density at radius 1 is 0.338 bits per heavy atom. The first-order valence-electron chi connectivity index (χ1n) is 26.5. The summed E-state index contributed by atoms with van der Waals surface area (Å²) < 4.78 is 15.3. The lowest BCUT2D eigenvalue weighted by molar-refractivity contribution is 0.568. The Kier molecular flexibility index (Phi) is 13.1. The number of benzene rings is 4. The first-order valence-corrected chi connectivity index (χ1v) is 27.6. The number of hydrogen-bond donors (Lipinski definition) is 2. The van der Waals surface area contributed by atoms with Gasteiger partial charge in [0, 0.05) is 38.1 Å². The molecule has 0 amide bonds. The van der Waals surface area contributed by atoms with Crippen LogP contribution in [0.4, 0.5) is 0 Å². The molecule has 5 heterocycles. The van der Waals surface area contributed by atoms with Crippen molar-refractivity contribution in [2.45, 2.75) is 167 Å². The Bertz CT molecular complexity index is 3440. The van der Waals surface area contributed by atoms with Crippen LogP contribution in [0.1, 0.15) is 181 Å². The van der Waals surface area contributed by atoms with Crippen molar-refractivity contribution in [2.75, 3.05) is 0 Å². The van der Waals surface area contributed by atoms with Crippen molar-refractivity contribution >= 4 is 57.2 Å². The lowest BCUT2D eigenvalue weighted by Crippen LogP contribution is -2.16. The van der Waals surface area contributed by atoms with Crippen molar-refractivity contribution in [1.29, 1.82) is 0 Å². The predicted octanol–water partition coefficient (Wildman–Crippen LogP) is 18.6. The number of nitrogens with zero attached hydrogens (tertiary/aromatic N) is 2. The molecule has 6 heteroatoms. The van der Waals surface area contributed by atoms with E-state index in [1.165, 1.54) is 33.4 Å². The molecule has 8 bridgehead atoms. The third-order valence-electron chi connectivity index (χ3n) is 14.7. The molecular formula is C68H78N4OS. The van der Waals surface area contributed by atoms with E-state index in [0.29, 0.717) is 15.5 Å². The highest BCUT2D eigenvalue weighted by Crippen LogP contribution is 2.43. The predicted molar refractivity (Wildman–Crippen MR) is 318 cm³/mol. The van der Waals surface area contributed by atoms with Gasteiger partial charge in [-0.15, -0.1) is 0 Å². The van der Waals surface area contributed by atoms with E-state index in [1.54, 1.807) is 0 Å². The SMILES string of the molecule is CC(C)(C)c1cc(-c2c3nc(c(-c4cc(C(C)(C)C)cc(C(C)(C)C)c4)c4ccc([nH]4)c(S(=O)c4ccccc4)c4nc(c(-c5cc(C(C)(C)C)cc(C(C)(C)C)c5)c5ccc2[nH]5)C=C4)C=C3)cc(C(C)(C)C)c1. The van der Waals surface area contributed by atoms with Crippen LogP contribution in [-0.2, 0) is 43.3 Å². The second-order valence-corrected chi connectivity index (χ2v) is 28.4. The summed E-state index contributed by atoms with van der Waals surface area (Å²) in [6.07, 6.45) is 8.54. The van der Waals surface area contributed by atoms with Gasteiger partial charge in [0.05, 0.1) is 44.0 Å². The topological polar surface area (TPSA) is 74.4 Å². The van der Waals surface area contributed by atoms with Crippen molar-refractivity contribution < 1.29 is 4.21 Å². The fraction of sp³-hybridized carbons (Fsp3) is 0.353. The molecule has 74 heavy (non-hydrogen) atoms. The van der Waals surface area contributed by atoms with Crippen molar-refractivity contribution in [1.82, 2.24) is 19.9 Å². The smallest absolute Gasteiger partial charge is 0.0928 e. The van der Waals surface area contributed by atoms with Gasteiger partial charge in [-0.05, 0) is 143 Å². The molecule has 1 atom stereocenters. The van der Waals surface area contributed by atoms with Gasteiger partial charge < -0.3 is 9.97 Å². The van der Waals surface area contributed by atoms with Crippen LogP contribution in [0, 0.1) is 0 Å². The highest BCUT2D eigenvalue weighted by molar-refractivity contribution is 7.85. The van der Waals surface area contributed by atoms with Crippen molar-refractivity contribution in [2.24, 2.45) is 0 Å². The van der Waals surface area contributed by atoms with Gasteiger partial charge in [0.15, 0.2) is 0 Å². The molecule has 0 fully saturated rings. The number of nitrogens with one attached hydrogen (secondary N) is 2. The zero-order valence-corrected chi connectivity index (χ0v) is 48.2. The summed E-state index contributed by atoms with van der Waals surface area (Å²) in [4.78, 5) is 20.6. The third-order valence-corrected chi connectivity index (χ3v) is 16.2. The van der Waals surface area contributed by atoms with E-state index in [1.807, 2.05) is 36.4 Å². The molecule has 0 saturated carbocycles. The van der Waals surface area contributed by atoms with E-state index >= 15 is 4.21 Å². The Balaban J connectivity index is 1.52. The molecule has 5 nitrogen and oxygen atoms in total. The quantitative estimate of drug-likeness (QED) is 0.180. The molecule has 1 unspecified atom stereocenters. The summed E-state index contributed by atoms with van der Waals surface area (Å²) in [6, 6.07) is 39.7. The first kappa shape index (κ1) is 52.5. The van der Waals surface area contributed by atoms with E-state index in [-0.39, 0.29) is 32.5 Å². The van der Waals surface area contributed by atoms with Crippen LogP contribution in [0.25, 0.3) is 79.8 Å². The van der Waals surface area contributed by atoms with E-state index in [9.17, 15) is 0 Å². The number of hydrogen-bond acceptors (Lipinski definition) is 3. The summed E-state index contributed by atoms with van der Waals surface area (Å²) in [6.45, 7) is 41.2. The molecule has 2 N–H and O–H groups in total. The first-order chi connectivity index (χ1) is 34.3. The van der Waals surface area contributed by atoms with Gasteiger partial charge in [-0.2, -0.15) is 0 Å². The third kappa shape index (κ3) is 10.5. The molecule has 0 radical (unpaired) electrons. The van der Waals surface area contributed by atoms with Crippen LogP contribution in [0.5, 0.6) is 0 Å². The summed E-state index contributed by atoms with van der Waals surface area (Å²) in [5, 5.41) is 0. The Labute approximate surface area is 444 Å². The molecule has 3 aromatic heterocycles. The minimum Gasteiger partial charge on any atom is -0.354 e. The van der Waals surface area contributed by atoms with Crippen molar-refractivity contribution in [3.05, 3.63) is 165 Å². The molecular weight excluding hydrogens is 921 g/mol. The van der Waals surface area contributed by atoms with Gasteiger partial charge in [0.1, 0.15) is 0 Å². The van der Waals surface area contributed by atoms with E-state index < -0.39 is 10.8 Å². The molecule has 7 aromatic rings. The number of rotatable bonds is 5. The van der Waals surface area contributed by atoms with Gasteiger partial charge in [-0.1, -0.05) is 197 Å². The van der Waals surface area contributed by atoms with Gasteiger partial charge in [-0.25, -0.2) is 14.2 Å². The van der Waals surface area contributed by atoms with Gasteiger partial charge in [-0.3, -0.25) is 0 Å². The fourth-order valence-electron chi connectivity index (χ4n) is 9.86. The molecule has 0 spiro atoms. The molecule has 4 aromatic carbocycles. The molecule has 9 rings (SSSR count). The Morgan fingerprint density at radius 2 is 0.608 bits per heavy atom. The normalized spacial score (nSPS) is 14.0. The van der Waals surface area contributed by atoms with Gasteiger partial charge in [0.25, 0.3) is 0 Å². The number of fused-ring (bicyclic) bond motifs is 8. The van der Waals surface area contributed by atoms with Gasteiger partial charge >= 0.3 is 0 Å². The maximum Gasteiger partial charge on any atom is 0.0928 e. The molecule has 0 saturated heterocycles. The van der Waals surface area contributed by atoms with Crippen LogP contribution in [0.2, 0.25) is 0 Å². The standard InChI is InChI=1S/C68H78N4OS/c1-63(2,3)44-32-41(33-45(38-44)64(4,5)6)59-51-24-26-53(69-51)60(42-34-46(65(7,8)9)39-47(35-42)66(10,11)12)55-28-30-57(71-55)62(74(73)50-22-20-19-21-23-50)58-31-29-56(72-58)61(54-27-25-52(59)70-54)43-36-48(67(13,14)15)40-49(37-43)68(16,17)18/h19-40,69,72H,1-18H3. The fourth-order valence-corrected chi connectivity index (χ4v) is 11.1. The second-order valence-electron chi connectivity index (χ2n) is 26.9. The number of aromatic nitrogens is 4. The zero-order chi connectivity index (χ0) is 53.7. The summed E-state index contributed by atoms with van der Waals surface area (Å²) >= 11 is 0. The Hall–Kier alpha value is -6.37. The maximum atomic E-state index is 15.3. The van der Waals surface area contributed by atoms with Crippen LogP contribution in [0.3, 0.4) is 0 Å².